The number of hydrogen-bond donors (Lipinski definition) is 2. The first-order valence-electron chi connectivity index (χ1n) is 1.74. The third-order valence-corrected chi connectivity index (χ3v) is 1.13. The first-order chi connectivity index (χ1) is 3.42. The van der Waals surface area contributed by atoms with Crippen LogP contribution in [0.3, 0.4) is 0 Å². The van der Waals surface area contributed by atoms with Crippen molar-refractivity contribution in [2.75, 3.05) is 6.16 Å². The molecule has 0 aromatic heterocycles. The lowest BCUT2D eigenvalue weighted by Crippen LogP contribution is -1.98. The van der Waals surface area contributed by atoms with Crippen LogP contribution in [0.15, 0.2) is 0 Å². The molecule has 0 aliphatic carbocycles. The number of rotatable bonds is 2. The van der Waals surface area contributed by atoms with Gasteiger partial charge in [-0.2, -0.15) is 0 Å². The summed E-state index contributed by atoms with van der Waals surface area (Å²) in [6.07, 6.45) is -4.26. The Morgan fingerprint density at radius 3 is 1.88 bits per heavy atom. The zero-order valence-electron chi connectivity index (χ0n) is 3.79. The van der Waals surface area contributed by atoms with Gasteiger partial charge in [0.05, 0.1) is 0 Å². The monoisotopic (exact) mass is 146 g/mol. The fourth-order valence-electron chi connectivity index (χ4n) is 0.180. The summed E-state index contributed by atoms with van der Waals surface area (Å²) in [6, 6.07) is 0. The molecule has 0 aliphatic rings. The highest BCUT2D eigenvalue weighted by Gasteiger charge is 2.19. The van der Waals surface area contributed by atoms with E-state index in [1.54, 1.807) is 0 Å². The van der Waals surface area contributed by atoms with Crippen LogP contribution in [-0.4, -0.2) is 22.4 Å². The Balaban J connectivity index is 3.56. The van der Waals surface area contributed by atoms with E-state index in [2.05, 4.69) is 0 Å². The van der Waals surface area contributed by atoms with Crippen molar-refractivity contribution in [3.8, 4) is 0 Å². The molecule has 0 aromatic rings. The lowest BCUT2D eigenvalue weighted by Gasteiger charge is -1.99. The zero-order valence-corrected chi connectivity index (χ0v) is 4.68. The maximum Gasteiger partial charge on any atom is 0.331 e. The summed E-state index contributed by atoms with van der Waals surface area (Å²) in [7, 11) is -4.47. The van der Waals surface area contributed by atoms with Crippen LogP contribution in [0.25, 0.3) is 0 Å². The lowest BCUT2D eigenvalue weighted by atomic mass is 10.9. The van der Waals surface area contributed by atoms with Crippen molar-refractivity contribution in [2.24, 2.45) is 0 Å². The average Bonchev–Trinajstić information content (AvgIpc) is 1.21. The van der Waals surface area contributed by atoms with Gasteiger partial charge in [-0.15, -0.1) is 0 Å². The smallest absolute Gasteiger partial charge is 0.324 e. The predicted octanol–water partition coefficient (Wildman–Crippen LogP) is 0.429. The number of halogens is 2. The van der Waals surface area contributed by atoms with E-state index in [0.717, 1.165) is 0 Å². The van der Waals surface area contributed by atoms with Gasteiger partial charge in [-0.3, -0.25) is 4.57 Å². The Morgan fingerprint density at radius 2 is 1.88 bits per heavy atom. The molecule has 0 fully saturated rings. The van der Waals surface area contributed by atoms with E-state index in [1.165, 1.54) is 0 Å². The molecule has 0 spiro atoms. The lowest BCUT2D eigenvalue weighted by molar-refractivity contribution is 0.166. The van der Waals surface area contributed by atoms with Gasteiger partial charge in [0, 0.05) is 0 Å². The molecule has 0 saturated heterocycles. The van der Waals surface area contributed by atoms with Gasteiger partial charge in [-0.05, 0) is 0 Å². The van der Waals surface area contributed by atoms with E-state index >= 15 is 0 Å². The first kappa shape index (κ1) is 8.01. The molecule has 6 heteroatoms. The maximum atomic E-state index is 11.0. The molecule has 0 rings (SSSR count). The van der Waals surface area contributed by atoms with Crippen molar-refractivity contribution in [3.05, 3.63) is 0 Å². The molecule has 0 aliphatic heterocycles. The van der Waals surface area contributed by atoms with Crippen LogP contribution >= 0.6 is 7.60 Å². The normalized spacial score (nSPS) is 12.6. The second-order valence-corrected chi connectivity index (χ2v) is 2.93. The van der Waals surface area contributed by atoms with Crippen LogP contribution < -0.4 is 0 Å². The van der Waals surface area contributed by atoms with E-state index in [9.17, 15) is 13.3 Å². The molecule has 0 radical (unpaired) electrons. The third-order valence-electron chi connectivity index (χ3n) is 0.376. The second-order valence-electron chi connectivity index (χ2n) is 1.24. The van der Waals surface area contributed by atoms with Gasteiger partial charge in [0.25, 0.3) is 0 Å². The fraction of sp³-hybridized carbons (Fsp3) is 1.00. The van der Waals surface area contributed by atoms with E-state index in [1.807, 2.05) is 0 Å². The molecule has 8 heavy (non-hydrogen) atoms. The minimum atomic E-state index is -4.47. The molecule has 0 aromatic carbocycles. The molecule has 0 amide bonds. The molecule has 0 bridgehead atoms. The Hall–Kier alpha value is 0.01000. The minimum absolute atomic E-state index is 1.34. The van der Waals surface area contributed by atoms with Gasteiger partial charge in [0.15, 0.2) is 0 Å². The average molecular weight is 146 g/mol. The van der Waals surface area contributed by atoms with Gasteiger partial charge in [0.1, 0.15) is 6.16 Å². The molecule has 50 valence electrons. The van der Waals surface area contributed by atoms with Crippen LogP contribution in [0, 0.1) is 0 Å². The molecule has 0 atom stereocenters. The minimum Gasteiger partial charge on any atom is -0.324 e. The summed E-state index contributed by atoms with van der Waals surface area (Å²) in [4.78, 5) is 15.6. The first-order valence-corrected chi connectivity index (χ1v) is 3.54. The number of alkyl halides is 2. The van der Waals surface area contributed by atoms with Crippen molar-refractivity contribution in [3.63, 3.8) is 0 Å². The van der Waals surface area contributed by atoms with Crippen molar-refractivity contribution >= 4 is 7.60 Å². The highest BCUT2D eigenvalue weighted by molar-refractivity contribution is 7.51. The third kappa shape index (κ3) is 6.01. The summed E-state index contributed by atoms with van der Waals surface area (Å²) < 4.78 is 31.7. The largest absolute Gasteiger partial charge is 0.331 e. The highest BCUT2D eigenvalue weighted by atomic mass is 31.2. The zero-order chi connectivity index (χ0) is 6.78. The standard InChI is InChI=1S/C2H5F2O3P/c3-2(4)1-8(5,6)7/h2H,1H2,(H2,5,6,7). The topological polar surface area (TPSA) is 57.5 Å². The van der Waals surface area contributed by atoms with E-state index in [4.69, 9.17) is 9.79 Å². The molecule has 3 nitrogen and oxygen atoms in total. The van der Waals surface area contributed by atoms with Crippen LogP contribution in [0.4, 0.5) is 8.78 Å². The van der Waals surface area contributed by atoms with Gasteiger partial charge in [-0.25, -0.2) is 8.78 Å². The Bertz CT molecular complexity index is 108. The van der Waals surface area contributed by atoms with Crippen LogP contribution in [-0.2, 0) is 4.57 Å². The van der Waals surface area contributed by atoms with Crippen molar-refractivity contribution in [1.82, 2.24) is 0 Å². The quantitative estimate of drug-likeness (QED) is 0.555. The van der Waals surface area contributed by atoms with Gasteiger partial charge < -0.3 is 9.79 Å². The van der Waals surface area contributed by atoms with Crippen molar-refractivity contribution in [1.29, 1.82) is 0 Å². The summed E-state index contributed by atoms with van der Waals surface area (Å²) in [5, 5.41) is 0. The molecule has 0 saturated carbocycles. The second kappa shape index (κ2) is 2.53. The molecular weight excluding hydrogens is 141 g/mol. The van der Waals surface area contributed by atoms with E-state index in [0.29, 0.717) is 0 Å². The summed E-state index contributed by atoms with van der Waals surface area (Å²) in [5.41, 5.74) is 0. The Kier molecular flexibility index (Phi) is 2.53. The van der Waals surface area contributed by atoms with Gasteiger partial charge in [0.2, 0.25) is 6.43 Å². The van der Waals surface area contributed by atoms with Crippen molar-refractivity contribution in [2.45, 2.75) is 6.43 Å². The SMILES string of the molecule is O=P(O)(O)CC(F)F. The van der Waals surface area contributed by atoms with Crippen LogP contribution in [0.2, 0.25) is 0 Å². The Labute approximate surface area is 44.5 Å². The van der Waals surface area contributed by atoms with Crippen LogP contribution in [0.5, 0.6) is 0 Å². The highest BCUT2D eigenvalue weighted by Crippen LogP contribution is 2.35. The summed E-state index contributed by atoms with van der Waals surface area (Å²) in [5.74, 6) is 0. The molecular formula is C2H5F2O3P. The van der Waals surface area contributed by atoms with Gasteiger partial charge >= 0.3 is 7.60 Å². The predicted molar refractivity (Wildman–Crippen MR) is 22.9 cm³/mol. The number of hydrogen-bond acceptors (Lipinski definition) is 1. The van der Waals surface area contributed by atoms with E-state index < -0.39 is 20.2 Å². The molecule has 0 heterocycles. The van der Waals surface area contributed by atoms with Crippen LogP contribution in [0.1, 0.15) is 0 Å². The molecule has 0 unspecified atom stereocenters. The summed E-state index contributed by atoms with van der Waals surface area (Å²) >= 11 is 0. The molecule has 2 N–H and O–H groups in total. The van der Waals surface area contributed by atoms with Gasteiger partial charge in [-0.1, -0.05) is 0 Å². The van der Waals surface area contributed by atoms with E-state index in [-0.39, 0.29) is 0 Å². The summed E-state index contributed by atoms with van der Waals surface area (Å²) in [6.45, 7) is 0. The Morgan fingerprint density at radius 1 is 1.50 bits per heavy atom. The fourth-order valence-corrected chi connectivity index (χ4v) is 0.539. The maximum absolute atomic E-state index is 11.0. The van der Waals surface area contributed by atoms with Crippen molar-refractivity contribution < 1.29 is 23.1 Å².